The second kappa shape index (κ2) is 16.3. The molecule has 0 spiro atoms. The molecular weight excluding hydrogens is 990 g/mol. The molecule has 0 amide bonds. The van der Waals surface area contributed by atoms with E-state index in [0.29, 0.717) is 0 Å². The van der Waals surface area contributed by atoms with Crippen LogP contribution in [0.15, 0.2) is 140 Å². The zero-order chi connectivity index (χ0) is 57.5. The van der Waals surface area contributed by atoms with Gasteiger partial charge in [-0.05, 0) is 194 Å². The van der Waals surface area contributed by atoms with Crippen molar-refractivity contribution in [2.24, 2.45) is 0 Å². The summed E-state index contributed by atoms with van der Waals surface area (Å²) in [4.78, 5) is 8.33. The number of hydrogen-bond acceptors (Lipinski definition) is 3. The van der Waals surface area contributed by atoms with Crippen molar-refractivity contribution in [2.75, 3.05) is 14.7 Å². The summed E-state index contributed by atoms with van der Waals surface area (Å²) in [5.41, 5.74) is 33.7. The lowest BCUT2D eigenvalue weighted by Gasteiger charge is -2.51. The molecule has 0 aromatic heterocycles. The smallest absolute Gasteiger partial charge is 0.252 e. The first-order valence-corrected chi connectivity index (χ1v) is 31.1. The molecule has 8 aromatic rings. The average Bonchev–Trinajstić information content (AvgIpc) is 1.26. The van der Waals surface area contributed by atoms with Gasteiger partial charge in [-0.2, -0.15) is 0 Å². The van der Waals surface area contributed by atoms with E-state index in [2.05, 4.69) is 272 Å². The lowest BCUT2D eigenvalue weighted by Crippen LogP contribution is -2.62. The molecule has 2 atom stereocenters. The Bertz CT molecular complexity index is 4140. The number of hydrogen-bond donors (Lipinski definition) is 0. The van der Waals surface area contributed by atoms with E-state index in [1.165, 1.54) is 159 Å². The number of fused-ring (bicyclic) bond motifs is 13. The molecule has 1 saturated carbocycles. The third-order valence-corrected chi connectivity index (χ3v) is 22.9. The first-order chi connectivity index (χ1) is 38.6. The highest BCUT2D eigenvalue weighted by atomic mass is 15.3. The summed E-state index contributed by atoms with van der Waals surface area (Å²) < 4.78 is 0. The Kier molecular flexibility index (Phi) is 10.4. The van der Waals surface area contributed by atoms with Crippen LogP contribution in [0.5, 0.6) is 0 Å². The first-order valence-electron chi connectivity index (χ1n) is 31.1. The van der Waals surface area contributed by atoms with Gasteiger partial charge in [-0.1, -0.05) is 201 Å². The minimum atomic E-state index is -0.229. The number of benzene rings is 8. The van der Waals surface area contributed by atoms with E-state index in [1.807, 2.05) is 0 Å². The summed E-state index contributed by atoms with van der Waals surface area (Å²) in [7, 11) is 0. The van der Waals surface area contributed by atoms with Crippen LogP contribution >= 0.6 is 0 Å². The van der Waals surface area contributed by atoms with Crippen molar-refractivity contribution in [3.05, 3.63) is 206 Å². The highest BCUT2D eigenvalue weighted by molar-refractivity contribution is 7.00. The quantitative estimate of drug-likeness (QED) is 0.163. The number of nitrogens with zero attached hydrogens (tertiary/aromatic N) is 3. The summed E-state index contributed by atoms with van der Waals surface area (Å²) in [6, 6.07) is 56.8. The van der Waals surface area contributed by atoms with Gasteiger partial charge in [0, 0.05) is 67.0 Å². The molecule has 4 heteroatoms. The lowest BCUT2D eigenvalue weighted by molar-refractivity contribution is 0.195. The Balaban J connectivity index is 1.06. The van der Waals surface area contributed by atoms with E-state index in [4.69, 9.17) is 0 Å². The van der Waals surface area contributed by atoms with Crippen LogP contribution in [-0.2, 0) is 37.9 Å². The summed E-state index contributed by atoms with van der Waals surface area (Å²) in [6.45, 7) is 41.7. The van der Waals surface area contributed by atoms with E-state index >= 15 is 0 Å². The Morgan fingerprint density at radius 1 is 0.427 bits per heavy atom. The molecule has 8 aromatic carbocycles. The van der Waals surface area contributed by atoms with Crippen molar-refractivity contribution in [1.29, 1.82) is 0 Å². The molecule has 0 saturated heterocycles. The van der Waals surface area contributed by atoms with E-state index in [1.54, 1.807) is 0 Å². The molecule has 414 valence electrons. The van der Waals surface area contributed by atoms with Gasteiger partial charge >= 0.3 is 0 Å². The van der Waals surface area contributed by atoms with Crippen molar-refractivity contribution >= 4 is 68.6 Å². The highest BCUT2D eigenvalue weighted by Gasteiger charge is 2.59. The Morgan fingerprint density at radius 3 is 1.68 bits per heavy atom. The van der Waals surface area contributed by atoms with Gasteiger partial charge in [0.05, 0.1) is 11.2 Å². The van der Waals surface area contributed by atoms with Gasteiger partial charge in [0.15, 0.2) is 0 Å². The predicted octanol–water partition coefficient (Wildman–Crippen LogP) is 18.7. The minimum absolute atomic E-state index is 0.00366. The average molecular weight is 1070 g/mol. The van der Waals surface area contributed by atoms with Crippen molar-refractivity contribution < 1.29 is 0 Å². The molecule has 0 radical (unpaired) electrons. The number of aryl methyl sites for hydroxylation is 2. The van der Waals surface area contributed by atoms with Crippen LogP contribution in [0, 0.1) is 13.8 Å². The molecular formula is C78H84BN3. The van der Waals surface area contributed by atoms with Crippen LogP contribution in [0.4, 0.5) is 45.5 Å². The monoisotopic (exact) mass is 1070 g/mol. The van der Waals surface area contributed by atoms with E-state index in [9.17, 15) is 0 Å². The zero-order valence-electron chi connectivity index (χ0n) is 52.2. The molecule has 0 N–H and O–H groups in total. The Labute approximate surface area is 491 Å². The molecule has 2 unspecified atom stereocenters. The maximum atomic E-state index is 2.83. The SMILES string of the molecule is Cc1cc2c3c(c1)N(c1cccc4c1-c1ccccc1C4(C)C)c1cc(N4c5ccc(C(C)(C)C)cc5C5(C)CCCCC45C)ccc1B3c1cc3c(cc1N2c1cc2c(cc1C)C(C)(C)CC2(C)C)C(C)(C)c1ccccc1C3(C)C. The van der Waals surface area contributed by atoms with Gasteiger partial charge in [-0.25, -0.2) is 0 Å². The summed E-state index contributed by atoms with van der Waals surface area (Å²) in [5.74, 6) is 0. The van der Waals surface area contributed by atoms with E-state index in [0.717, 1.165) is 12.8 Å². The van der Waals surface area contributed by atoms with Gasteiger partial charge in [0.2, 0.25) is 0 Å². The topological polar surface area (TPSA) is 9.72 Å². The molecule has 7 aliphatic rings. The minimum Gasteiger partial charge on any atom is -0.334 e. The summed E-state index contributed by atoms with van der Waals surface area (Å²) in [6.07, 6.45) is 5.96. The normalized spacial score (nSPS) is 22.7. The van der Waals surface area contributed by atoms with E-state index < -0.39 is 0 Å². The Morgan fingerprint density at radius 2 is 1.00 bits per heavy atom. The largest absolute Gasteiger partial charge is 0.334 e. The van der Waals surface area contributed by atoms with E-state index in [-0.39, 0.29) is 50.2 Å². The molecule has 82 heavy (non-hydrogen) atoms. The summed E-state index contributed by atoms with van der Waals surface area (Å²) in [5, 5.41) is 0. The molecule has 1 fully saturated rings. The van der Waals surface area contributed by atoms with Gasteiger partial charge in [-0.15, -0.1) is 0 Å². The zero-order valence-corrected chi connectivity index (χ0v) is 52.2. The van der Waals surface area contributed by atoms with Crippen molar-refractivity contribution in [3.8, 4) is 11.1 Å². The van der Waals surface area contributed by atoms with Crippen LogP contribution in [0.1, 0.15) is 203 Å². The predicted molar refractivity (Wildman–Crippen MR) is 350 cm³/mol. The van der Waals surface area contributed by atoms with Gasteiger partial charge in [0.25, 0.3) is 6.71 Å². The molecule has 3 heterocycles. The fourth-order valence-corrected chi connectivity index (χ4v) is 18.6. The van der Waals surface area contributed by atoms with Crippen LogP contribution < -0.4 is 31.1 Å². The molecule has 15 rings (SSSR count). The second-order valence-corrected chi connectivity index (χ2v) is 30.9. The third-order valence-electron chi connectivity index (χ3n) is 22.9. The molecule has 4 aliphatic carbocycles. The van der Waals surface area contributed by atoms with Crippen LogP contribution in [0.25, 0.3) is 11.1 Å². The standard InChI is InChI=1S/C78H84BN3/c1-46-37-67-70-68(38-46)81(64-43-56-55(39-47(64)2)72(6,7)45-73(56,8)9)66-44-58-57(75(12,13)52-27-20-21-28-53(52)76(58,14)15)42-61(66)79(70)60-33-32-49(82-62-34-31-48(71(3,4)5)40-59(62)77(16)35-22-23-36-78(77,82)17)41-65(60)80(67)63-30-24-29-54-69(63)50-25-18-19-26-51(50)74(54,10)11/h18-21,24-34,37-44H,22-23,35-36,45H2,1-17H3. The van der Waals surface area contributed by atoms with Gasteiger partial charge in [-0.3, -0.25) is 0 Å². The Hall–Kier alpha value is -6.78. The third kappa shape index (κ3) is 6.56. The number of anilines is 8. The van der Waals surface area contributed by atoms with Crippen molar-refractivity contribution in [3.63, 3.8) is 0 Å². The second-order valence-electron chi connectivity index (χ2n) is 30.9. The molecule has 3 nitrogen and oxygen atoms in total. The van der Waals surface area contributed by atoms with Gasteiger partial charge in [0.1, 0.15) is 0 Å². The molecule has 3 aliphatic heterocycles. The van der Waals surface area contributed by atoms with Crippen LogP contribution in [-0.4, -0.2) is 12.3 Å². The maximum absolute atomic E-state index is 2.83. The highest BCUT2D eigenvalue weighted by Crippen LogP contribution is 2.63. The van der Waals surface area contributed by atoms with Crippen molar-refractivity contribution in [1.82, 2.24) is 0 Å². The fraction of sp³-hybridized carbons (Fsp3) is 0.385. The van der Waals surface area contributed by atoms with Gasteiger partial charge < -0.3 is 14.7 Å². The molecule has 0 bridgehead atoms. The van der Waals surface area contributed by atoms with Crippen LogP contribution in [0.3, 0.4) is 0 Å². The van der Waals surface area contributed by atoms with Crippen LogP contribution in [0.2, 0.25) is 0 Å². The summed E-state index contributed by atoms with van der Waals surface area (Å²) >= 11 is 0. The first kappa shape index (κ1) is 52.1. The van der Waals surface area contributed by atoms with Crippen molar-refractivity contribution in [2.45, 2.75) is 193 Å². The maximum Gasteiger partial charge on any atom is 0.252 e. The lowest BCUT2D eigenvalue weighted by atomic mass is 9.33. The fourth-order valence-electron chi connectivity index (χ4n) is 18.6. The number of rotatable bonds is 3.